The van der Waals surface area contributed by atoms with Gasteiger partial charge in [-0.05, 0) is 37.3 Å². The van der Waals surface area contributed by atoms with Crippen LogP contribution in [-0.2, 0) is 11.3 Å². The summed E-state index contributed by atoms with van der Waals surface area (Å²) in [5.41, 5.74) is 2.31. The lowest BCUT2D eigenvalue weighted by Crippen LogP contribution is -2.35. The molecule has 3 aromatic rings. The molecule has 6 nitrogen and oxygen atoms in total. The highest BCUT2D eigenvalue weighted by molar-refractivity contribution is 5.81. The van der Waals surface area contributed by atoms with Crippen molar-refractivity contribution in [3.63, 3.8) is 0 Å². The number of rotatable bonds is 6. The summed E-state index contributed by atoms with van der Waals surface area (Å²) in [6.07, 6.45) is 7.06. The lowest BCUT2D eigenvalue weighted by molar-refractivity contribution is -0.119. The standard InChI is InChI=1S/C20H19N3O3/c1-4-15-7-5-8-16(11-15)23(13-19(24)21-3)12-17-14(2)26-20(22-17)18-9-6-10-25-18/h1,5-11H,12-13H2,2-3H3,(H,21,24). The smallest absolute Gasteiger partial charge is 0.263 e. The molecule has 2 aromatic heterocycles. The Morgan fingerprint density at radius 1 is 1.35 bits per heavy atom. The molecular formula is C20H19N3O3. The van der Waals surface area contributed by atoms with Gasteiger partial charge in [-0.3, -0.25) is 4.79 Å². The Kier molecular flexibility index (Phi) is 5.09. The third kappa shape index (κ3) is 3.78. The maximum atomic E-state index is 12.0. The van der Waals surface area contributed by atoms with Crippen molar-refractivity contribution in [3.8, 4) is 24.0 Å². The molecule has 0 radical (unpaired) electrons. The Morgan fingerprint density at radius 2 is 2.19 bits per heavy atom. The molecule has 6 heteroatoms. The Balaban J connectivity index is 1.90. The lowest BCUT2D eigenvalue weighted by atomic mass is 10.2. The van der Waals surface area contributed by atoms with E-state index in [0.717, 1.165) is 16.9 Å². The number of nitrogens with zero attached hydrogens (tertiary/aromatic N) is 2. The van der Waals surface area contributed by atoms with Gasteiger partial charge in [-0.2, -0.15) is 0 Å². The molecule has 0 aliphatic carbocycles. The Morgan fingerprint density at radius 3 is 2.88 bits per heavy atom. The van der Waals surface area contributed by atoms with E-state index in [4.69, 9.17) is 15.3 Å². The van der Waals surface area contributed by atoms with Crippen LogP contribution in [0.4, 0.5) is 5.69 Å². The molecule has 0 atom stereocenters. The molecule has 2 heterocycles. The van der Waals surface area contributed by atoms with Crippen LogP contribution in [0.5, 0.6) is 0 Å². The summed E-state index contributed by atoms with van der Waals surface area (Å²) in [6, 6.07) is 11.0. The van der Waals surface area contributed by atoms with Crippen LogP contribution < -0.4 is 10.2 Å². The monoisotopic (exact) mass is 349 g/mol. The third-order valence-electron chi connectivity index (χ3n) is 3.96. The van der Waals surface area contributed by atoms with E-state index < -0.39 is 0 Å². The van der Waals surface area contributed by atoms with Crippen molar-refractivity contribution in [1.82, 2.24) is 10.3 Å². The SMILES string of the molecule is C#Cc1cccc(N(CC(=O)NC)Cc2nc(-c3ccco3)oc2C)c1. The summed E-state index contributed by atoms with van der Waals surface area (Å²) in [7, 11) is 1.61. The van der Waals surface area contributed by atoms with Crippen molar-refractivity contribution in [3.05, 3.63) is 59.7 Å². The molecule has 0 aliphatic heterocycles. The lowest BCUT2D eigenvalue weighted by Gasteiger charge is -2.23. The molecule has 0 aliphatic rings. The molecule has 0 saturated carbocycles. The first-order chi connectivity index (χ1) is 12.6. The van der Waals surface area contributed by atoms with Crippen LogP contribution in [0.1, 0.15) is 17.0 Å². The van der Waals surface area contributed by atoms with Gasteiger partial charge in [-0.25, -0.2) is 4.98 Å². The zero-order valence-corrected chi connectivity index (χ0v) is 14.7. The van der Waals surface area contributed by atoms with E-state index in [9.17, 15) is 4.79 Å². The Hall–Kier alpha value is -3.46. The number of amides is 1. The van der Waals surface area contributed by atoms with Crippen molar-refractivity contribution < 1.29 is 13.6 Å². The minimum atomic E-state index is -0.108. The molecule has 1 amide bonds. The summed E-state index contributed by atoms with van der Waals surface area (Å²) in [6.45, 7) is 2.41. The number of oxazole rings is 1. The highest BCUT2D eigenvalue weighted by atomic mass is 16.4. The number of carbonyl (C=O) groups is 1. The zero-order chi connectivity index (χ0) is 18.5. The minimum Gasteiger partial charge on any atom is -0.459 e. The Bertz CT molecular complexity index is 936. The van der Waals surface area contributed by atoms with Gasteiger partial charge >= 0.3 is 0 Å². The van der Waals surface area contributed by atoms with E-state index in [0.29, 0.717) is 24.0 Å². The summed E-state index contributed by atoms with van der Waals surface area (Å²) < 4.78 is 11.0. The van der Waals surface area contributed by atoms with E-state index in [1.807, 2.05) is 36.1 Å². The van der Waals surface area contributed by atoms with Crippen LogP contribution in [0.25, 0.3) is 11.7 Å². The van der Waals surface area contributed by atoms with Crippen LogP contribution in [-0.4, -0.2) is 24.5 Å². The van der Waals surface area contributed by atoms with E-state index in [1.54, 1.807) is 25.4 Å². The molecule has 0 fully saturated rings. The molecule has 132 valence electrons. The molecule has 0 bridgehead atoms. The number of anilines is 1. The summed E-state index contributed by atoms with van der Waals surface area (Å²) in [5, 5.41) is 2.64. The van der Waals surface area contributed by atoms with Gasteiger partial charge in [0, 0.05) is 18.3 Å². The maximum Gasteiger partial charge on any atom is 0.263 e. The van der Waals surface area contributed by atoms with Gasteiger partial charge in [0.25, 0.3) is 5.89 Å². The van der Waals surface area contributed by atoms with Crippen molar-refractivity contribution >= 4 is 11.6 Å². The normalized spacial score (nSPS) is 10.3. The van der Waals surface area contributed by atoms with Crippen molar-refractivity contribution in [1.29, 1.82) is 0 Å². The van der Waals surface area contributed by atoms with Crippen molar-refractivity contribution in [2.75, 3.05) is 18.5 Å². The highest BCUT2D eigenvalue weighted by Crippen LogP contribution is 2.25. The number of carbonyl (C=O) groups excluding carboxylic acids is 1. The average Bonchev–Trinajstić information content (AvgIpc) is 3.31. The zero-order valence-electron chi connectivity index (χ0n) is 14.7. The summed E-state index contributed by atoms with van der Waals surface area (Å²) >= 11 is 0. The van der Waals surface area contributed by atoms with Crippen molar-refractivity contribution in [2.24, 2.45) is 0 Å². The summed E-state index contributed by atoms with van der Waals surface area (Å²) in [4.78, 5) is 18.4. The van der Waals surface area contributed by atoms with Gasteiger partial charge in [0.2, 0.25) is 5.91 Å². The highest BCUT2D eigenvalue weighted by Gasteiger charge is 2.18. The molecule has 0 spiro atoms. The number of benzene rings is 1. The number of furan rings is 1. The maximum absolute atomic E-state index is 12.0. The number of hydrogen-bond donors (Lipinski definition) is 1. The minimum absolute atomic E-state index is 0.108. The van der Waals surface area contributed by atoms with Gasteiger partial charge in [0.15, 0.2) is 5.76 Å². The molecule has 3 rings (SSSR count). The van der Waals surface area contributed by atoms with Crippen LogP contribution >= 0.6 is 0 Å². The fourth-order valence-corrected chi connectivity index (χ4v) is 2.54. The van der Waals surface area contributed by atoms with E-state index >= 15 is 0 Å². The summed E-state index contributed by atoms with van der Waals surface area (Å²) in [5.74, 6) is 4.16. The molecular weight excluding hydrogens is 330 g/mol. The van der Waals surface area contributed by atoms with Gasteiger partial charge in [0.1, 0.15) is 11.5 Å². The second kappa shape index (κ2) is 7.62. The average molecular weight is 349 g/mol. The number of likely N-dealkylation sites (N-methyl/N-ethyl adjacent to an activating group) is 1. The fourth-order valence-electron chi connectivity index (χ4n) is 2.54. The molecule has 1 aromatic carbocycles. The molecule has 26 heavy (non-hydrogen) atoms. The van der Waals surface area contributed by atoms with E-state index in [1.165, 1.54) is 0 Å². The first-order valence-electron chi connectivity index (χ1n) is 8.13. The predicted molar refractivity (Wildman–Crippen MR) is 98.4 cm³/mol. The first kappa shape index (κ1) is 17.4. The number of hydrogen-bond acceptors (Lipinski definition) is 5. The molecule has 1 N–H and O–H groups in total. The second-order valence-corrected chi connectivity index (χ2v) is 5.72. The number of terminal acetylenes is 1. The van der Waals surface area contributed by atoms with E-state index in [-0.39, 0.29) is 12.5 Å². The Labute approximate surface area is 151 Å². The van der Waals surface area contributed by atoms with Crippen LogP contribution in [0.3, 0.4) is 0 Å². The van der Waals surface area contributed by atoms with Crippen LogP contribution in [0.15, 0.2) is 51.5 Å². The number of aryl methyl sites for hydroxylation is 1. The van der Waals surface area contributed by atoms with E-state index in [2.05, 4.69) is 16.2 Å². The second-order valence-electron chi connectivity index (χ2n) is 5.72. The molecule has 0 unspecified atom stereocenters. The van der Waals surface area contributed by atoms with Crippen molar-refractivity contribution in [2.45, 2.75) is 13.5 Å². The van der Waals surface area contributed by atoms with Gasteiger partial charge in [-0.1, -0.05) is 12.0 Å². The van der Waals surface area contributed by atoms with Crippen LogP contribution in [0, 0.1) is 19.3 Å². The fraction of sp³-hybridized carbons (Fsp3) is 0.200. The third-order valence-corrected chi connectivity index (χ3v) is 3.96. The quantitative estimate of drug-likeness (QED) is 0.693. The van der Waals surface area contributed by atoms with Crippen LogP contribution in [0.2, 0.25) is 0 Å². The first-order valence-corrected chi connectivity index (χ1v) is 8.13. The van der Waals surface area contributed by atoms with Gasteiger partial charge in [-0.15, -0.1) is 6.42 Å². The largest absolute Gasteiger partial charge is 0.459 e. The number of aromatic nitrogens is 1. The van der Waals surface area contributed by atoms with Gasteiger partial charge in [0.05, 0.1) is 19.4 Å². The van der Waals surface area contributed by atoms with Gasteiger partial charge < -0.3 is 19.1 Å². The molecule has 0 saturated heterocycles. The topological polar surface area (TPSA) is 71.5 Å². The number of nitrogens with one attached hydrogen (secondary N) is 1. The predicted octanol–water partition coefficient (Wildman–Crippen LogP) is 2.98.